The van der Waals surface area contributed by atoms with E-state index in [1.807, 2.05) is 0 Å². The standard InChI is InChI=1S/C9H10O3.C4H9NO2/c1-7(11)8-3-2-4-9(5-8)12-6-10;1-3-5(2)4(6)7/h2-7,11H,1H3;3H2,1-2H3,(H,6,7). The van der Waals surface area contributed by atoms with Gasteiger partial charge in [-0.15, -0.1) is 0 Å². The van der Waals surface area contributed by atoms with Crippen LogP contribution in [0.15, 0.2) is 24.3 Å². The van der Waals surface area contributed by atoms with Crippen molar-refractivity contribution in [2.24, 2.45) is 0 Å². The van der Waals surface area contributed by atoms with Crippen molar-refractivity contribution in [1.82, 2.24) is 4.90 Å². The van der Waals surface area contributed by atoms with Crippen LogP contribution in [-0.2, 0) is 4.79 Å². The van der Waals surface area contributed by atoms with E-state index in [0.29, 0.717) is 18.8 Å². The van der Waals surface area contributed by atoms with Gasteiger partial charge >= 0.3 is 6.09 Å². The van der Waals surface area contributed by atoms with E-state index in [1.54, 1.807) is 38.1 Å². The Morgan fingerprint density at radius 2 is 2.16 bits per heavy atom. The van der Waals surface area contributed by atoms with Crippen molar-refractivity contribution in [3.63, 3.8) is 0 Å². The number of rotatable bonds is 4. The molecule has 0 aromatic heterocycles. The number of benzene rings is 1. The molecule has 1 atom stereocenters. The van der Waals surface area contributed by atoms with Gasteiger partial charge in [-0.1, -0.05) is 12.1 Å². The lowest BCUT2D eigenvalue weighted by molar-refractivity contribution is -0.120. The lowest BCUT2D eigenvalue weighted by atomic mass is 10.1. The average Bonchev–Trinajstić information content (AvgIpc) is 2.39. The highest BCUT2D eigenvalue weighted by Gasteiger charge is 2.01. The number of amides is 1. The first-order valence-corrected chi connectivity index (χ1v) is 5.74. The van der Waals surface area contributed by atoms with E-state index in [2.05, 4.69) is 4.74 Å². The fraction of sp³-hybridized carbons (Fsp3) is 0.385. The third kappa shape index (κ3) is 7.05. The molecule has 0 aliphatic carbocycles. The Hall–Kier alpha value is -2.08. The summed E-state index contributed by atoms with van der Waals surface area (Å²) in [5.74, 6) is 0.448. The van der Waals surface area contributed by atoms with E-state index < -0.39 is 12.2 Å². The number of ether oxygens (including phenoxy) is 1. The number of carbonyl (C=O) groups is 2. The van der Waals surface area contributed by atoms with Crippen LogP contribution in [-0.4, -0.2) is 41.3 Å². The van der Waals surface area contributed by atoms with E-state index >= 15 is 0 Å². The summed E-state index contributed by atoms with van der Waals surface area (Å²) >= 11 is 0. The number of carbonyl (C=O) groups excluding carboxylic acids is 1. The Labute approximate surface area is 112 Å². The van der Waals surface area contributed by atoms with Crippen LogP contribution in [0.4, 0.5) is 4.79 Å². The normalized spacial score (nSPS) is 10.7. The van der Waals surface area contributed by atoms with E-state index in [9.17, 15) is 14.7 Å². The maximum Gasteiger partial charge on any atom is 0.407 e. The van der Waals surface area contributed by atoms with Crippen molar-refractivity contribution in [3.8, 4) is 5.75 Å². The van der Waals surface area contributed by atoms with E-state index in [-0.39, 0.29) is 0 Å². The SMILES string of the molecule is CC(O)c1cccc(OC=O)c1.CCN(C)C(=O)O. The van der Waals surface area contributed by atoms with Gasteiger partial charge < -0.3 is 19.8 Å². The summed E-state index contributed by atoms with van der Waals surface area (Å²) < 4.78 is 4.61. The van der Waals surface area contributed by atoms with E-state index in [0.717, 1.165) is 5.56 Å². The van der Waals surface area contributed by atoms with Crippen LogP contribution >= 0.6 is 0 Å². The van der Waals surface area contributed by atoms with Crippen molar-refractivity contribution >= 4 is 12.6 Å². The zero-order chi connectivity index (χ0) is 14.8. The predicted molar refractivity (Wildman–Crippen MR) is 70.1 cm³/mol. The fourth-order valence-corrected chi connectivity index (χ4v) is 1.04. The molecular weight excluding hydrogens is 250 g/mol. The van der Waals surface area contributed by atoms with E-state index in [4.69, 9.17) is 5.11 Å². The molecule has 1 rings (SSSR count). The topological polar surface area (TPSA) is 87.1 Å². The van der Waals surface area contributed by atoms with Crippen molar-refractivity contribution in [2.75, 3.05) is 13.6 Å². The second kappa shape index (κ2) is 8.93. The third-order valence-electron chi connectivity index (χ3n) is 2.33. The molecule has 1 aromatic rings. The number of hydrogen-bond acceptors (Lipinski definition) is 4. The number of aliphatic hydroxyl groups is 1. The van der Waals surface area contributed by atoms with Crippen molar-refractivity contribution < 1.29 is 24.5 Å². The Morgan fingerprint density at radius 3 is 2.53 bits per heavy atom. The fourth-order valence-electron chi connectivity index (χ4n) is 1.04. The molecule has 0 aliphatic rings. The van der Waals surface area contributed by atoms with Gasteiger partial charge in [-0.25, -0.2) is 4.79 Å². The largest absolute Gasteiger partial charge is 0.465 e. The van der Waals surface area contributed by atoms with Crippen LogP contribution in [0.3, 0.4) is 0 Å². The first kappa shape index (κ1) is 16.9. The zero-order valence-corrected chi connectivity index (χ0v) is 11.2. The molecule has 106 valence electrons. The summed E-state index contributed by atoms with van der Waals surface area (Å²) in [5, 5.41) is 17.3. The van der Waals surface area contributed by atoms with Crippen LogP contribution in [0.2, 0.25) is 0 Å². The maximum atomic E-state index is 9.97. The van der Waals surface area contributed by atoms with Crippen molar-refractivity contribution in [1.29, 1.82) is 0 Å². The molecule has 6 nitrogen and oxygen atoms in total. The first-order valence-electron chi connectivity index (χ1n) is 5.74. The summed E-state index contributed by atoms with van der Waals surface area (Å²) in [6.45, 7) is 4.35. The Morgan fingerprint density at radius 1 is 1.53 bits per heavy atom. The maximum absolute atomic E-state index is 9.97. The highest BCUT2D eigenvalue weighted by atomic mass is 16.5. The van der Waals surface area contributed by atoms with Crippen LogP contribution in [0.25, 0.3) is 0 Å². The van der Waals surface area contributed by atoms with Gasteiger partial charge in [-0.05, 0) is 31.5 Å². The summed E-state index contributed by atoms with van der Waals surface area (Å²) in [6.07, 6.45) is -1.41. The minimum atomic E-state index is -0.873. The monoisotopic (exact) mass is 269 g/mol. The zero-order valence-electron chi connectivity index (χ0n) is 11.2. The molecule has 1 amide bonds. The predicted octanol–water partition coefficient (Wildman–Crippen LogP) is 1.89. The molecular formula is C13H19NO5. The van der Waals surface area contributed by atoms with Gasteiger partial charge in [-0.2, -0.15) is 0 Å². The number of nitrogens with zero attached hydrogens (tertiary/aromatic N) is 1. The molecule has 0 saturated heterocycles. The van der Waals surface area contributed by atoms with Crippen molar-refractivity contribution in [3.05, 3.63) is 29.8 Å². The Balaban J connectivity index is 0.000000399. The third-order valence-corrected chi connectivity index (χ3v) is 2.33. The van der Waals surface area contributed by atoms with Gasteiger partial charge in [-0.3, -0.25) is 4.79 Å². The molecule has 0 aliphatic heterocycles. The van der Waals surface area contributed by atoms with Crippen LogP contribution in [0.1, 0.15) is 25.5 Å². The number of carboxylic acid groups (broad SMARTS) is 1. The quantitative estimate of drug-likeness (QED) is 0.815. The molecule has 0 spiro atoms. The second-order valence-corrected chi connectivity index (χ2v) is 3.76. The summed E-state index contributed by atoms with van der Waals surface area (Å²) in [4.78, 5) is 21.0. The molecule has 0 saturated carbocycles. The highest BCUT2D eigenvalue weighted by Crippen LogP contribution is 2.17. The molecule has 0 fully saturated rings. The highest BCUT2D eigenvalue weighted by molar-refractivity contribution is 5.64. The first-order chi connectivity index (χ1) is 8.92. The minimum absolute atomic E-state index is 0.362. The number of hydrogen-bond donors (Lipinski definition) is 2. The number of aliphatic hydroxyl groups excluding tert-OH is 1. The van der Waals surface area contributed by atoms with Crippen LogP contribution in [0.5, 0.6) is 5.75 Å². The summed E-state index contributed by atoms with van der Waals surface area (Å²) in [5.41, 5.74) is 0.731. The van der Waals surface area contributed by atoms with Gasteiger partial charge in [0.2, 0.25) is 0 Å². The van der Waals surface area contributed by atoms with Gasteiger partial charge in [0, 0.05) is 13.6 Å². The summed E-state index contributed by atoms with van der Waals surface area (Å²) in [7, 11) is 1.53. The molecule has 6 heteroatoms. The van der Waals surface area contributed by atoms with Crippen LogP contribution < -0.4 is 4.74 Å². The van der Waals surface area contributed by atoms with Gasteiger partial charge in [0.05, 0.1) is 6.10 Å². The average molecular weight is 269 g/mol. The molecule has 0 heterocycles. The lowest BCUT2D eigenvalue weighted by Gasteiger charge is -2.06. The molecule has 19 heavy (non-hydrogen) atoms. The lowest BCUT2D eigenvalue weighted by Crippen LogP contribution is -2.23. The minimum Gasteiger partial charge on any atom is -0.465 e. The Bertz CT molecular complexity index is 406. The van der Waals surface area contributed by atoms with Gasteiger partial charge in [0.25, 0.3) is 6.47 Å². The Kier molecular flexibility index (Phi) is 7.95. The molecule has 1 unspecified atom stereocenters. The second-order valence-electron chi connectivity index (χ2n) is 3.76. The van der Waals surface area contributed by atoms with Gasteiger partial charge in [0.1, 0.15) is 5.75 Å². The molecule has 2 N–H and O–H groups in total. The molecule has 0 bridgehead atoms. The van der Waals surface area contributed by atoms with Crippen LogP contribution in [0, 0.1) is 0 Å². The van der Waals surface area contributed by atoms with Gasteiger partial charge in [0.15, 0.2) is 0 Å². The van der Waals surface area contributed by atoms with Crippen molar-refractivity contribution in [2.45, 2.75) is 20.0 Å². The molecule has 0 radical (unpaired) electrons. The summed E-state index contributed by atoms with van der Waals surface area (Å²) in [6, 6.07) is 6.77. The van der Waals surface area contributed by atoms with E-state index in [1.165, 1.54) is 11.9 Å². The smallest absolute Gasteiger partial charge is 0.407 e. The molecule has 1 aromatic carbocycles.